The van der Waals surface area contributed by atoms with Crippen molar-refractivity contribution in [3.63, 3.8) is 0 Å². The van der Waals surface area contributed by atoms with Gasteiger partial charge in [0.2, 0.25) is 0 Å². The van der Waals surface area contributed by atoms with Crippen LogP contribution in [0, 0.1) is 5.41 Å². The normalized spacial score (nSPS) is 16.5. The minimum absolute atomic E-state index is 0.0733. The van der Waals surface area contributed by atoms with E-state index < -0.39 is 0 Å². The summed E-state index contributed by atoms with van der Waals surface area (Å²) < 4.78 is 16.2. The second-order valence-electron chi connectivity index (χ2n) is 4.92. The maximum Gasteiger partial charge on any atom is 0.161 e. The quantitative estimate of drug-likeness (QED) is 0.763. The molecule has 1 aliphatic heterocycles. The fourth-order valence-corrected chi connectivity index (χ4v) is 1.97. The third-order valence-electron chi connectivity index (χ3n) is 3.29. The Balaban J connectivity index is 2.05. The van der Waals surface area contributed by atoms with Gasteiger partial charge in [0.25, 0.3) is 0 Å². The predicted molar refractivity (Wildman–Crippen MR) is 72.7 cm³/mol. The minimum atomic E-state index is -0.259. The standard InChI is InChI=1S/C15H20O4/c1-3-4-12-5-6-13(14(7-12)17-2)19-11-15(8-16)9-18-10-15/h3,5-7,16H,1,4,8-11H2,2H3. The molecule has 0 aliphatic carbocycles. The zero-order valence-corrected chi connectivity index (χ0v) is 11.2. The molecule has 0 bridgehead atoms. The number of hydrogen-bond donors (Lipinski definition) is 1. The molecule has 0 amide bonds. The van der Waals surface area contributed by atoms with Crippen molar-refractivity contribution in [1.82, 2.24) is 0 Å². The van der Waals surface area contributed by atoms with E-state index in [4.69, 9.17) is 14.2 Å². The second kappa shape index (κ2) is 6.08. The molecule has 0 radical (unpaired) electrons. The summed E-state index contributed by atoms with van der Waals surface area (Å²) in [6.45, 7) is 5.31. The molecule has 4 heteroatoms. The van der Waals surface area contributed by atoms with E-state index in [-0.39, 0.29) is 12.0 Å². The molecular weight excluding hydrogens is 244 g/mol. The number of ether oxygens (including phenoxy) is 3. The molecule has 4 nitrogen and oxygen atoms in total. The number of aliphatic hydroxyl groups is 1. The molecule has 1 aromatic rings. The van der Waals surface area contributed by atoms with E-state index in [9.17, 15) is 5.11 Å². The zero-order chi connectivity index (χ0) is 13.7. The first kappa shape index (κ1) is 13.9. The molecule has 0 atom stereocenters. The van der Waals surface area contributed by atoms with Crippen molar-refractivity contribution in [3.8, 4) is 11.5 Å². The van der Waals surface area contributed by atoms with Gasteiger partial charge in [-0.05, 0) is 24.1 Å². The molecule has 1 N–H and O–H groups in total. The minimum Gasteiger partial charge on any atom is -0.493 e. The number of rotatable bonds is 7. The highest BCUT2D eigenvalue weighted by Crippen LogP contribution is 2.32. The summed E-state index contributed by atoms with van der Waals surface area (Å²) in [6, 6.07) is 5.82. The number of methoxy groups -OCH3 is 1. The van der Waals surface area contributed by atoms with E-state index in [1.165, 1.54) is 0 Å². The van der Waals surface area contributed by atoms with Crippen LogP contribution in [0.3, 0.4) is 0 Å². The van der Waals surface area contributed by atoms with E-state index in [1.807, 2.05) is 24.3 Å². The first-order chi connectivity index (χ1) is 9.23. The Bertz CT molecular complexity index is 432. The summed E-state index contributed by atoms with van der Waals surface area (Å²) in [5, 5.41) is 9.35. The lowest BCUT2D eigenvalue weighted by Crippen LogP contribution is -2.49. The van der Waals surface area contributed by atoms with Crippen molar-refractivity contribution in [1.29, 1.82) is 0 Å². The Morgan fingerprint density at radius 1 is 1.42 bits per heavy atom. The average Bonchev–Trinajstić information content (AvgIpc) is 2.39. The largest absolute Gasteiger partial charge is 0.493 e. The summed E-state index contributed by atoms with van der Waals surface area (Å²) in [5.41, 5.74) is 0.869. The van der Waals surface area contributed by atoms with Gasteiger partial charge in [0.05, 0.1) is 32.3 Å². The highest BCUT2D eigenvalue weighted by Gasteiger charge is 2.39. The summed E-state index contributed by atoms with van der Waals surface area (Å²) in [6.07, 6.45) is 2.65. The molecule has 0 saturated carbocycles. The fourth-order valence-electron chi connectivity index (χ4n) is 1.97. The van der Waals surface area contributed by atoms with Crippen LogP contribution in [-0.2, 0) is 11.2 Å². The molecule has 0 aromatic heterocycles. The van der Waals surface area contributed by atoms with E-state index in [2.05, 4.69) is 6.58 Å². The van der Waals surface area contributed by atoms with Crippen LogP contribution >= 0.6 is 0 Å². The average molecular weight is 264 g/mol. The van der Waals surface area contributed by atoms with E-state index >= 15 is 0 Å². The molecule has 0 unspecified atom stereocenters. The molecule has 1 saturated heterocycles. The Kier molecular flexibility index (Phi) is 4.45. The highest BCUT2D eigenvalue weighted by molar-refractivity contribution is 5.43. The van der Waals surface area contributed by atoms with Crippen molar-refractivity contribution in [3.05, 3.63) is 36.4 Å². The number of allylic oxidation sites excluding steroid dienone is 1. The van der Waals surface area contributed by atoms with Gasteiger partial charge in [-0.2, -0.15) is 0 Å². The molecule has 1 aliphatic rings. The summed E-state index contributed by atoms with van der Waals surface area (Å²) in [5.74, 6) is 1.39. The van der Waals surface area contributed by atoms with Gasteiger partial charge in [0.15, 0.2) is 11.5 Å². The summed E-state index contributed by atoms with van der Waals surface area (Å²) in [4.78, 5) is 0. The Morgan fingerprint density at radius 2 is 2.21 bits per heavy atom. The first-order valence-electron chi connectivity index (χ1n) is 6.32. The van der Waals surface area contributed by atoms with Gasteiger partial charge in [-0.25, -0.2) is 0 Å². The summed E-state index contributed by atoms with van der Waals surface area (Å²) in [7, 11) is 1.62. The molecule has 2 rings (SSSR count). The lowest BCUT2D eigenvalue weighted by atomic mass is 9.88. The summed E-state index contributed by atoms with van der Waals surface area (Å²) >= 11 is 0. The van der Waals surface area contributed by atoms with Gasteiger partial charge in [-0.3, -0.25) is 0 Å². The van der Waals surface area contributed by atoms with Crippen LogP contribution in [0.2, 0.25) is 0 Å². The molecular formula is C15H20O4. The van der Waals surface area contributed by atoms with E-state index in [0.717, 1.165) is 12.0 Å². The Labute approximate surface area is 113 Å². The van der Waals surface area contributed by atoms with Gasteiger partial charge in [-0.1, -0.05) is 12.1 Å². The van der Waals surface area contributed by atoms with Gasteiger partial charge in [0, 0.05) is 0 Å². The van der Waals surface area contributed by atoms with Crippen LogP contribution in [0.25, 0.3) is 0 Å². The van der Waals surface area contributed by atoms with E-state index in [0.29, 0.717) is 31.3 Å². The smallest absolute Gasteiger partial charge is 0.161 e. The third kappa shape index (κ3) is 3.08. The van der Waals surface area contributed by atoms with Gasteiger partial charge < -0.3 is 19.3 Å². The number of benzene rings is 1. The fraction of sp³-hybridized carbons (Fsp3) is 0.467. The SMILES string of the molecule is C=CCc1ccc(OCC2(CO)COC2)c(OC)c1. The van der Waals surface area contributed by atoms with Crippen molar-refractivity contribution in [2.45, 2.75) is 6.42 Å². The van der Waals surface area contributed by atoms with Crippen molar-refractivity contribution in [2.75, 3.05) is 33.5 Å². The Morgan fingerprint density at radius 3 is 2.74 bits per heavy atom. The molecule has 104 valence electrons. The third-order valence-corrected chi connectivity index (χ3v) is 3.29. The van der Waals surface area contributed by atoms with Crippen molar-refractivity contribution in [2.24, 2.45) is 5.41 Å². The van der Waals surface area contributed by atoms with Crippen LogP contribution in [0.5, 0.6) is 11.5 Å². The van der Waals surface area contributed by atoms with E-state index in [1.54, 1.807) is 7.11 Å². The molecule has 0 spiro atoms. The monoisotopic (exact) mass is 264 g/mol. The lowest BCUT2D eigenvalue weighted by molar-refractivity contribution is -0.153. The van der Waals surface area contributed by atoms with Crippen LogP contribution in [-0.4, -0.2) is 38.6 Å². The first-order valence-corrected chi connectivity index (χ1v) is 6.32. The van der Waals surface area contributed by atoms with Crippen LogP contribution in [0.1, 0.15) is 5.56 Å². The molecule has 1 fully saturated rings. The lowest BCUT2D eigenvalue weighted by Gasteiger charge is -2.39. The number of hydrogen-bond acceptors (Lipinski definition) is 4. The predicted octanol–water partition coefficient (Wildman–Crippen LogP) is 1.81. The highest BCUT2D eigenvalue weighted by atomic mass is 16.5. The van der Waals surface area contributed by atoms with Gasteiger partial charge >= 0.3 is 0 Å². The number of aliphatic hydroxyl groups excluding tert-OH is 1. The molecule has 1 heterocycles. The van der Waals surface area contributed by atoms with Crippen molar-refractivity contribution >= 4 is 0 Å². The van der Waals surface area contributed by atoms with Gasteiger partial charge in [0.1, 0.15) is 6.61 Å². The topological polar surface area (TPSA) is 47.9 Å². The Hall–Kier alpha value is -1.52. The maximum absolute atomic E-state index is 9.35. The molecule has 1 aromatic carbocycles. The van der Waals surface area contributed by atoms with Crippen molar-refractivity contribution < 1.29 is 19.3 Å². The molecule has 19 heavy (non-hydrogen) atoms. The maximum atomic E-state index is 9.35. The second-order valence-corrected chi connectivity index (χ2v) is 4.92. The van der Waals surface area contributed by atoms with Gasteiger partial charge in [-0.15, -0.1) is 6.58 Å². The zero-order valence-electron chi connectivity index (χ0n) is 11.2. The van der Waals surface area contributed by atoms with Crippen LogP contribution in [0.4, 0.5) is 0 Å². The van der Waals surface area contributed by atoms with Crippen LogP contribution < -0.4 is 9.47 Å². The van der Waals surface area contributed by atoms with Crippen LogP contribution in [0.15, 0.2) is 30.9 Å².